The molecule has 0 fully saturated rings. The van der Waals surface area contributed by atoms with Crippen molar-refractivity contribution in [2.75, 3.05) is 5.32 Å². The summed E-state index contributed by atoms with van der Waals surface area (Å²) in [6, 6.07) is 6.05. The molecular weight excluding hydrogens is 378 g/mol. The zero-order chi connectivity index (χ0) is 13.1. The third kappa shape index (κ3) is 3.76. The van der Waals surface area contributed by atoms with E-state index in [0.717, 1.165) is 26.6 Å². The molecule has 0 radical (unpaired) electrons. The fourth-order valence-electron chi connectivity index (χ4n) is 1.41. The topological polar surface area (TPSA) is 37.8 Å². The molecule has 0 atom stereocenters. The van der Waals surface area contributed by atoms with Crippen molar-refractivity contribution < 1.29 is 0 Å². The second kappa shape index (κ2) is 6.12. The summed E-state index contributed by atoms with van der Waals surface area (Å²) in [5, 5.41) is 3.32. The van der Waals surface area contributed by atoms with Gasteiger partial charge < -0.3 is 5.32 Å². The summed E-state index contributed by atoms with van der Waals surface area (Å²) >= 11 is 8.59. The van der Waals surface area contributed by atoms with Gasteiger partial charge in [0, 0.05) is 16.9 Å². The van der Waals surface area contributed by atoms with Crippen LogP contribution in [0, 0.1) is 0 Å². The number of anilines is 1. The molecule has 0 aliphatic rings. The van der Waals surface area contributed by atoms with Crippen LogP contribution in [0.1, 0.15) is 30.5 Å². The van der Waals surface area contributed by atoms with Crippen LogP contribution in [0.5, 0.6) is 0 Å². The Morgan fingerprint density at radius 2 is 2.06 bits per heavy atom. The van der Waals surface area contributed by atoms with Crippen LogP contribution < -0.4 is 5.32 Å². The second-order valence-electron chi connectivity index (χ2n) is 4.15. The average molecular weight is 391 g/mol. The number of nitrogens with one attached hydrogen (secondary N) is 1. The largest absolute Gasteiger partial charge is 0.365 e. The molecule has 0 saturated carbocycles. The van der Waals surface area contributed by atoms with Crippen LogP contribution in [0.2, 0.25) is 0 Å². The molecule has 0 saturated heterocycles. The lowest BCUT2D eigenvalue weighted by molar-refractivity contribution is 0.769. The Hall–Kier alpha value is -0.460. The highest BCUT2D eigenvalue weighted by molar-refractivity contribution is 9.11. The maximum absolute atomic E-state index is 4.50. The minimum absolute atomic E-state index is 0.318. The quantitative estimate of drug-likeness (QED) is 0.762. The van der Waals surface area contributed by atoms with E-state index in [2.05, 4.69) is 73.1 Å². The van der Waals surface area contributed by atoms with Gasteiger partial charge in [-0.25, -0.2) is 9.97 Å². The van der Waals surface area contributed by atoms with E-state index >= 15 is 0 Å². The van der Waals surface area contributed by atoms with Gasteiger partial charge >= 0.3 is 0 Å². The predicted octanol–water partition coefficient (Wildman–Crippen LogP) is 4.80. The predicted molar refractivity (Wildman–Crippen MR) is 83.2 cm³/mol. The molecule has 0 bridgehead atoms. The smallest absolute Gasteiger partial charge is 0.134 e. The molecule has 1 N–H and O–H groups in total. The normalized spacial score (nSPS) is 10.9. The molecule has 2 heterocycles. The zero-order valence-electron chi connectivity index (χ0n) is 10.1. The maximum Gasteiger partial charge on any atom is 0.134 e. The van der Waals surface area contributed by atoms with Crippen LogP contribution in [-0.4, -0.2) is 9.97 Å². The van der Waals surface area contributed by atoms with E-state index in [1.807, 2.05) is 6.07 Å². The molecule has 0 aliphatic heterocycles. The van der Waals surface area contributed by atoms with Crippen molar-refractivity contribution in [1.82, 2.24) is 9.97 Å². The van der Waals surface area contributed by atoms with Gasteiger partial charge in [-0.2, -0.15) is 0 Å². The maximum atomic E-state index is 4.50. The fraction of sp³-hybridized carbons (Fsp3) is 0.333. The third-order valence-corrected chi connectivity index (χ3v) is 4.33. The summed E-state index contributed by atoms with van der Waals surface area (Å²) in [5.74, 6) is 2.02. The highest BCUT2D eigenvalue weighted by atomic mass is 79.9. The van der Waals surface area contributed by atoms with Gasteiger partial charge in [0.25, 0.3) is 0 Å². The van der Waals surface area contributed by atoms with Crippen molar-refractivity contribution >= 4 is 49.0 Å². The van der Waals surface area contributed by atoms with Gasteiger partial charge in [-0.15, -0.1) is 11.3 Å². The van der Waals surface area contributed by atoms with Gasteiger partial charge in [0.15, 0.2) is 0 Å². The van der Waals surface area contributed by atoms with Crippen molar-refractivity contribution in [3.05, 3.63) is 37.3 Å². The Bertz CT molecular complexity index is 540. The summed E-state index contributed by atoms with van der Waals surface area (Å²) in [7, 11) is 0. The number of rotatable bonds is 4. The lowest BCUT2D eigenvalue weighted by Gasteiger charge is -2.08. The molecule has 3 nitrogen and oxygen atoms in total. The molecule has 2 aromatic rings. The monoisotopic (exact) mass is 389 g/mol. The summed E-state index contributed by atoms with van der Waals surface area (Å²) in [6.45, 7) is 4.95. The fourth-order valence-corrected chi connectivity index (χ4v) is 3.23. The van der Waals surface area contributed by atoms with Crippen molar-refractivity contribution in [2.45, 2.75) is 26.3 Å². The molecular formula is C12H13Br2N3S. The lowest BCUT2D eigenvalue weighted by atomic mass is 10.2. The van der Waals surface area contributed by atoms with E-state index in [-0.39, 0.29) is 0 Å². The van der Waals surface area contributed by atoms with Crippen LogP contribution in [-0.2, 0) is 6.54 Å². The van der Waals surface area contributed by atoms with E-state index in [9.17, 15) is 0 Å². The van der Waals surface area contributed by atoms with E-state index in [1.165, 1.54) is 4.88 Å². The standard InChI is InChI=1S/C12H13Br2N3S/c1-7(2)12-16-9(13)5-11(17-12)15-6-8-3-4-10(14)18-8/h3-5,7H,6H2,1-2H3,(H,15,16,17). The first kappa shape index (κ1) is 14.0. The van der Waals surface area contributed by atoms with Gasteiger partial charge in [0.2, 0.25) is 0 Å². The van der Waals surface area contributed by atoms with Crippen molar-refractivity contribution in [1.29, 1.82) is 0 Å². The highest BCUT2D eigenvalue weighted by Gasteiger charge is 2.07. The number of hydrogen-bond acceptors (Lipinski definition) is 4. The van der Waals surface area contributed by atoms with Gasteiger partial charge in [-0.1, -0.05) is 13.8 Å². The van der Waals surface area contributed by atoms with Crippen molar-refractivity contribution in [3.63, 3.8) is 0 Å². The first-order chi connectivity index (χ1) is 8.54. The number of aromatic nitrogens is 2. The lowest BCUT2D eigenvalue weighted by Crippen LogP contribution is -2.05. The summed E-state index contributed by atoms with van der Waals surface area (Å²) in [5.41, 5.74) is 0. The Kier molecular flexibility index (Phi) is 4.75. The Morgan fingerprint density at radius 3 is 2.67 bits per heavy atom. The van der Waals surface area contributed by atoms with Crippen LogP contribution in [0.25, 0.3) is 0 Å². The van der Waals surface area contributed by atoms with Gasteiger partial charge in [-0.05, 0) is 44.0 Å². The minimum atomic E-state index is 0.318. The van der Waals surface area contributed by atoms with E-state index in [4.69, 9.17) is 0 Å². The Morgan fingerprint density at radius 1 is 1.28 bits per heavy atom. The van der Waals surface area contributed by atoms with E-state index < -0.39 is 0 Å². The molecule has 96 valence electrons. The molecule has 2 rings (SSSR count). The molecule has 6 heteroatoms. The van der Waals surface area contributed by atoms with Crippen LogP contribution >= 0.6 is 43.2 Å². The Labute approximate surface area is 127 Å². The number of hydrogen-bond donors (Lipinski definition) is 1. The average Bonchev–Trinajstić information content (AvgIpc) is 2.72. The molecule has 18 heavy (non-hydrogen) atoms. The molecule has 0 spiro atoms. The molecule has 0 unspecified atom stereocenters. The van der Waals surface area contributed by atoms with Crippen LogP contribution in [0.3, 0.4) is 0 Å². The van der Waals surface area contributed by atoms with Gasteiger partial charge in [-0.3, -0.25) is 0 Å². The summed E-state index contributed by atoms with van der Waals surface area (Å²) < 4.78 is 1.96. The third-order valence-electron chi connectivity index (χ3n) is 2.30. The molecule has 0 amide bonds. The summed E-state index contributed by atoms with van der Waals surface area (Å²) in [6.07, 6.45) is 0. The Balaban J connectivity index is 2.09. The van der Waals surface area contributed by atoms with Crippen LogP contribution in [0.15, 0.2) is 26.6 Å². The zero-order valence-corrected chi connectivity index (χ0v) is 14.1. The van der Waals surface area contributed by atoms with Gasteiger partial charge in [0.1, 0.15) is 16.2 Å². The van der Waals surface area contributed by atoms with Gasteiger partial charge in [0.05, 0.1) is 10.3 Å². The number of thiophene rings is 1. The molecule has 0 aromatic carbocycles. The minimum Gasteiger partial charge on any atom is -0.365 e. The van der Waals surface area contributed by atoms with E-state index in [1.54, 1.807) is 11.3 Å². The van der Waals surface area contributed by atoms with Crippen LogP contribution in [0.4, 0.5) is 5.82 Å². The highest BCUT2D eigenvalue weighted by Crippen LogP contribution is 2.23. The van der Waals surface area contributed by atoms with Crippen molar-refractivity contribution in [2.24, 2.45) is 0 Å². The molecule has 0 aliphatic carbocycles. The second-order valence-corrected chi connectivity index (χ2v) is 7.51. The summed E-state index contributed by atoms with van der Waals surface area (Å²) in [4.78, 5) is 10.1. The first-order valence-electron chi connectivity index (χ1n) is 5.57. The number of halogens is 2. The van der Waals surface area contributed by atoms with Crippen molar-refractivity contribution in [3.8, 4) is 0 Å². The van der Waals surface area contributed by atoms with E-state index in [0.29, 0.717) is 5.92 Å². The first-order valence-corrected chi connectivity index (χ1v) is 7.97. The number of nitrogens with zero attached hydrogens (tertiary/aromatic N) is 2. The SMILES string of the molecule is CC(C)c1nc(Br)cc(NCc2ccc(Br)s2)n1. The molecule has 2 aromatic heterocycles.